The molecule has 0 bridgehead atoms. The van der Waals surface area contributed by atoms with Crippen molar-refractivity contribution in [2.75, 3.05) is 52.4 Å². The van der Waals surface area contributed by atoms with Crippen LogP contribution in [0.15, 0.2) is 48.2 Å². The molecule has 7 heteroatoms. The van der Waals surface area contributed by atoms with Crippen molar-refractivity contribution in [3.05, 3.63) is 53.7 Å². The van der Waals surface area contributed by atoms with Gasteiger partial charge in [0.25, 0.3) is 5.91 Å². The zero-order chi connectivity index (χ0) is 29.9. The van der Waals surface area contributed by atoms with E-state index in [9.17, 15) is 14.7 Å². The van der Waals surface area contributed by atoms with Crippen molar-refractivity contribution in [1.29, 1.82) is 0 Å². The molecule has 0 radical (unpaired) electrons. The molecule has 4 fully saturated rings. The van der Waals surface area contributed by atoms with E-state index >= 15 is 0 Å². The lowest BCUT2D eigenvalue weighted by Crippen LogP contribution is -2.64. The second kappa shape index (κ2) is 13.2. The van der Waals surface area contributed by atoms with E-state index in [2.05, 4.69) is 40.2 Å². The molecular formula is C36H52N4O3. The van der Waals surface area contributed by atoms with Crippen LogP contribution in [0.25, 0.3) is 5.57 Å². The standard InChI is InChI=1S/C36H52N4O3/c1-28(24-29-10-4-2-5-11-29)33(41)40-21-17-36(43,35(26-40)15-8-9-16-35)27-38-20-14-31(30-12-6-3-7-13-30)32(25-38)34(42)39-22-18-37-19-23-39/h3,6-7,12-14,25,28-29,37,43H,2,4-5,8-11,15-24,26-27H2,1H3/t28-,36-/m1/s1. The van der Waals surface area contributed by atoms with Crippen LogP contribution in [0.2, 0.25) is 0 Å². The molecule has 0 aromatic heterocycles. The average Bonchev–Trinajstić information content (AvgIpc) is 3.53. The molecule has 2 amide bonds. The topological polar surface area (TPSA) is 76.1 Å². The minimum Gasteiger partial charge on any atom is -0.387 e. The summed E-state index contributed by atoms with van der Waals surface area (Å²) in [7, 11) is 0. The number of hydrogen-bond acceptors (Lipinski definition) is 5. The summed E-state index contributed by atoms with van der Waals surface area (Å²) < 4.78 is 0. The number of piperazine rings is 1. The van der Waals surface area contributed by atoms with Crippen LogP contribution in [0.5, 0.6) is 0 Å². The number of carbonyl (C=O) groups excluding carboxylic acids is 2. The van der Waals surface area contributed by atoms with E-state index in [-0.39, 0.29) is 23.1 Å². The van der Waals surface area contributed by atoms with Crippen molar-refractivity contribution in [2.45, 2.75) is 83.2 Å². The smallest absolute Gasteiger partial charge is 0.256 e. The predicted octanol–water partition coefficient (Wildman–Crippen LogP) is 4.83. The highest BCUT2D eigenvalue weighted by atomic mass is 16.3. The Hall–Kier alpha value is -2.64. The second-order valence-corrected chi connectivity index (χ2v) is 14.2. The minimum absolute atomic E-state index is 0.0536. The first kappa shape index (κ1) is 30.4. The summed E-state index contributed by atoms with van der Waals surface area (Å²) in [6, 6.07) is 10.2. The normalized spacial score (nSPS) is 27.2. The van der Waals surface area contributed by atoms with Gasteiger partial charge in [-0.05, 0) is 42.7 Å². The molecule has 234 valence electrons. The third kappa shape index (κ3) is 6.44. The number of carbonyl (C=O) groups is 2. The van der Waals surface area contributed by atoms with Gasteiger partial charge in [0.05, 0.1) is 11.2 Å². The second-order valence-electron chi connectivity index (χ2n) is 14.2. The van der Waals surface area contributed by atoms with Crippen LogP contribution in [0.4, 0.5) is 0 Å². The Kier molecular flexibility index (Phi) is 9.29. The maximum Gasteiger partial charge on any atom is 0.256 e. The summed E-state index contributed by atoms with van der Waals surface area (Å²) >= 11 is 0. The van der Waals surface area contributed by atoms with Crippen LogP contribution in [0, 0.1) is 17.3 Å². The van der Waals surface area contributed by atoms with E-state index < -0.39 is 5.60 Å². The van der Waals surface area contributed by atoms with Gasteiger partial charge in [0.15, 0.2) is 0 Å². The van der Waals surface area contributed by atoms with Crippen molar-refractivity contribution < 1.29 is 14.7 Å². The maximum atomic E-state index is 13.9. The molecule has 2 atom stereocenters. The van der Waals surface area contributed by atoms with Gasteiger partial charge in [0, 0.05) is 69.9 Å². The Morgan fingerprint density at radius 3 is 2.40 bits per heavy atom. The molecule has 2 saturated heterocycles. The number of piperidine rings is 1. The number of aliphatic hydroxyl groups is 1. The highest BCUT2D eigenvalue weighted by molar-refractivity contribution is 6.09. The Labute approximate surface area is 258 Å². The molecule has 2 saturated carbocycles. The van der Waals surface area contributed by atoms with Gasteiger partial charge < -0.3 is 25.1 Å². The van der Waals surface area contributed by atoms with Gasteiger partial charge in [-0.2, -0.15) is 0 Å². The van der Waals surface area contributed by atoms with Crippen LogP contribution in [-0.4, -0.2) is 89.6 Å². The monoisotopic (exact) mass is 588 g/mol. The molecule has 43 heavy (non-hydrogen) atoms. The Morgan fingerprint density at radius 1 is 0.953 bits per heavy atom. The third-order valence-electron chi connectivity index (χ3n) is 11.3. The highest BCUT2D eigenvalue weighted by Gasteiger charge is 2.56. The molecule has 1 spiro atoms. The van der Waals surface area contributed by atoms with Crippen LogP contribution >= 0.6 is 0 Å². The quantitative estimate of drug-likeness (QED) is 0.477. The molecule has 2 N–H and O–H groups in total. The number of amides is 2. The van der Waals surface area contributed by atoms with E-state index in [1.807, 2.05) is 29.3 Å². The molecule has 5 aliphatic rings. The summed E-state index contributed by atoms with van der Waals surface area (Å²) in [5.41, 5.74) is 1.57. The van der Waals surface area contributed by atoms with E-state index in [0.29, 0.717) is 57.2 Å². The van der Waals surface area contributed by atoms with Crippen LogP contribution in [0.1, 0.15) is 83.1 Å². The SMILES string of the molecule is C[C@H](CC1CCCCC1)C(=O)N1CC[C@@](O)(CN2C=C(C(=O)N3CCNCC3)C(c3ccccc3)=CC2)C2(CCCC2)C1. The fourth-order valence-electron chi connectivity index (χ4n) is 8.79. The van der Waals surface area contributed by atoms with Gasteiger partial charge >= 0.3 is 0 Å². The average molecular weight is 589 g/mol. The third-order valence-corrected chi connectivity index (χ3v) is 11.3. The first-order valence-electron chi connectivity index (χ1n) is 17.1. The number of rotatable bonds is 7. The zero-order valence-electron chi connectivity index (χ0n) is 26.2. The Balaban J connectivity index is 1.19. The first-order chi connectivity index (χ1) is 20.9. The Morgan fingerprint density at radius 2 is 1.67 bits per heavy atom. The maximum absolute atomic E-state index is 13.9. The van der Waals surface area contributed by atoms with E-state index in [1.165, 1.54) is 32.1 Å². The number of nitrogens with one attached hydrogen (secondary N) is 1. The number of likely N-dealkylation sites (tertiary alicyclic amines) is 1. The predicted molar refractivity (Wildman–Crippen MR) is 171 cm³/mol. The fourth-order valence-corrected chi connectivity index (χ4v) is 8.79. The molecular weight excluding hydrogens is 536 g/mol. The van der Waals surface area contributed by atoms with Crippen molar-refractivity contribution in [1.82, 2.24) is 20.0 Å². The van der Waals surface area contributed by atoms with Crippen LogP contribution in [-0.2, 0) is 9.59 Å². The molecule has 3 heterocycles. The van der Waals surface area contributed by atoms with Gasteiger partial charge in [0.2, 0.25) is 5.91 Å². The Bertz CT molecular complexity index is 1190. The number of nitrogens with zero attached hydrogens (tertiary/aromatic N) is 3. The van der Waals surface area contributed by atoms with Crippen molar-refractivity contribution in [3.63, 3.8) is 0 Å². The highest BCUT2D eigenvalue weighted by Crippen LogP contribution is 2.52. The molecule has 6 rings (SSSR count). The van der Waals surface area contributed by atoms with Crippen molar-refractivity contribution in [3.8, 4) is 0 Å². The lowest BCUT2D eigenvalue weighted by Gasteiger charge is -2.54. The molecule has 0 unspecified atom stereocenters. The van der Waals surface area contributed by atoms with Gasteiger partial charge in [-0.25, -0.2) is 0 Å². The molecule has 1 aromatic carbocycles. The van der Waals surface area contributed by atoms with E-state index in [0.717, 1.165) is 56.3 Å². The molecule has 2 aliphatic carbocycles. The van der Waals surface area contributed by atoms with E-state index in [4.69, 9.17) is 0 Å². The van der Waals surface area contributed by atoms with Gasteiger partial charge in [-0.15, -0.1) is 0 Å². The molecule has 1 aromatic rings. The molecule has 3 aliphatic heterocycles. The number of β-amino-alcohol motifs (C(OH)–C–C–N with tert-alkyl or cyclic N) is 1. The summed E-state index contributed by atoms with van der Waals surface area (Å²) in [6.07, 6.45) is 16.4. The van der Waals surface area contributed by atoms with Crippen molar-refractivity contribution in [2.24, 2.45) is 17.3 Å². The zero-order valence-corrected chi connectivity index (χ0v) is 26.2. The minimum atomic E-state index is -0.898. The summed E-state index contributed by atoms with van der Waals surface area (Å²) in [5.74, 6) is 1.10. The molecule has 7 nitrogen and oxygen atoms in total. The number of benzene rings is 1. The summed E-state index contributed by atoms with van der Waals surface area (Å²) in [5, 5.41) is 15.8. The van der Waals surface area contributed by atoms with Gasteiger partial charge in [0.1, 0.15) is 0 Å². The van der Waals surface area contributed by atoms with Crippen LogP contribution < -0.4 is 5.32 Å². The largest absolute Gasteiger partial charge is 0.387 e. The van der Waals surface area contributed by atoms with Crippen molar-refractivity contribution >= 4 is 17.4 Å². The van der Waals surface area contributed by atoms with Crippen LogP contribution in [0.3, 0.4) is 0 Å². The van der Waals surface area contributed by atoms with Gasteiger partial charge in [-0.3, -0.25) is 9.59 Å². The summed E-state index contributed by atoms with van der Waals surface area (Å²) in [4.78, 5) is 33.8. The first-order valence-corrected chi connectivity index (χ1v) is 17.1. The lowest BCUT2D eigenvalue weighted by molar-refractivity contribution is -0.162. The fraction of sp³-hybridized carbons (Fsp3) is 0.667. The lowest BCUT2D eigenvalue weighted by atomic mass is 9.65. The van der Waals surface area contributed by atoms with Gasteiger partial charge in [-0.1, -0.05) is 88.3 Å². The number of hydrogen-bond donors (Lipinski definition) is 2. The van der Waals surface area contributed by atoms with E-state index in [1.54, 1.807) is 0 Å². The summed E-state index contributed by atoms with van der Waals surface area (Å²) in [6.45, 7) is 7.57.